The molecule has 5 rings (SSSR count). The Hall–Kier alpha value is -2.58. The van der Waals surface area contributed by atoms with Crippen molar-refractivity contribution in [2.24, 2.45) is 0 Å². The molecule has 0 aliphatic carbocycles. The lowest BCUT2D eigenvalue weighted by molar-refractivity contribution is 0.876. The summed E-state index contributed by atoms with van der Waals surface area (Å²) >= 11 is 2.92. The summed E-state index contributed by atoms with van der Waals surface area (Å²) in [7, 11) is 0. The summed E-state index contributed by atoms with van der Waals surface area (Å²) < 4.78 is 3.43. The highest BCUT2D eigenvalue weighted by Crippen LogP contribution is 2.31. The molecule has 0 fully saturated rings. The molecular formula is C14H7N5OS2. The van der Waals surface area contributed by atoms with Crippen LogP contribution in [-0.2, 0) is 0 Å². The summed E-state index contributed by atoms with van der Waals surface area (Å²) in [6.45, 7) is 0. The van der Waals surface area contributed by atoms with Gasteiger partial charge in [-0.05, 0) is 23.6 Å². The molecule has 0 aliphatic heterocycles. The molecular weight excluding hydrogens is 318 g/mol. The minimum Gasteiger partial charge on any atom is -0.266 e. The number of hydrogen-bond acceptors (Lipinski definition) is 6. The molecule has 0 amide bonds. The van der Waals surface area contributed by atoms with Gasteiger partial charge < -0.3 is 0 Å². The first-order valence-electron chi connectivity index (χ1n) is 6.51. The van der Waals surface area contributed by atoms with Gasteiger partial charge >= 0.3 is 0 Å². The Morgan fingerprint density at radius 3 is 2.95 bits per heavy atom. The second-order valence-corrected chi connectivity index (χ2v) is 6.70. The highest BCUT2D eigenvalue weighted by atomic mass is 32.1. The van der Waals surface area contributed by atoms with E-state index in [4.69, 9.17) is 0 Å². The van der Waals surface area contributed by atoms with E-state index >= 15 is 0 Å². The minimum absolute atomic E-state index is 0.228. The van der Waals surface area contributed by atoms with Gasteiger partial charge in [0, 0.05) is 0 Å². The number of aromatic amines is 1. The second kappa shape index (κ2) is 4.21. The van der Waals surface area contributed by atoms with E-state index in [1.54, 1.807) is 4.52 Å². The van der Waals surface area contributed by atoms with Crippen molar-refractivity contribution in [1.82, 2.24) is 24.8 Å². The minimum atomic E-state index is -0.228. The summed E-state index contributed by atoms with van der Waals surface area (Å²) in [4.78, 5) is 20.9. The number of hydrogen-bond donors (Lipinski definition) is 1. The number of nitrogens with one attached hydrogen (secondary N) is 1. The zero-order valence-corrected chi connectivity index (χ0v) is 12.6. The van der Waals surface area contributed by atoms with Gasteiger partial charge in [0.05, 0.1) is 15.7 Å². The lowest BCUT2D eigenvalue weighted by atomic mass is 10.3. The standard InChI is InChI=1S/C14H7N5OS2/c20-13-11-8(5-6-21-11)19-12(16-13)10(17-18-19)14-15-7-3-1-2-4-9(7)22-14/h1-6,18H. The van der Waals surface area contributed by atoms with E-state index in [0.29, 0.717) is 16.0 Å². The van der Waals surface area contributed by atoms with E-state index in [2.05, 4.69) is 20.3 Å². The van der Waals surface area contributed by atoms with E-state index in [1.165, 1.54) is 22.7 Å². The summed E-state index contributed by atoms with van der Waals surface area (Å²) in [5.74, 6) is 0. The van der Waals surface area contributed by atoms with Crippen LogP contribution in [0.15, 0.2) is 40.5 Å². The maximum absolute atomic E-state index is 12.1. The van der Waals surface area contributed by atoms with E-state index in [-0.39, 0.29) is 5.56 Å². The van der Waals surface area contributed by atoms with Crippen molar-refractivity contribution < 1.29 is 0 Å². The van der Waals surface area contributed by atoms with E-state index in [0.717, 1.165) is 20.7 Å². The first kappa shape index (κ1) is 12.0. The number of benzene rings is 1. The number of rotatable bonds is 1. The molecule has 4 aromatic heterocycles. The highest BCUT2D eigenvalue weighted by Gasteiger charge is 2.17. The van der Waals surface area contributed by atoms with Crippen molar-refractivity contribution >= 4 is 48.8 Å². The Bertz CT molecular complexity index is 1180. The van der Waals surface area contributed by atoms with E-state index in [9.17, 15) is 4.79 Å². The molecule has 22 heavy (non-hydrogen) atoms. The van der Waals surface area contributed by atoms with Gasteiger partial charge in [0.25, 0.3) is 5.56 Å². The molecule has 4 heterocycles. The van der Waals surface area contributed by atoms with Crippen LogP contribution in [0, 0.1) is 0 Å². The normalized spacial score (nSPS) is 11.8. The van der Waals surface area contributed by atoms with Crippen LogP contribution >= 0.6 is 22.7 Å². The van der Waals surface area contributed by atoms with Gasteiger partial charge in [-0.25, -0.2) is 14.7 Å². The maximum atomic E-state index is 12.1. The van der Waals surface area contributed by atoms with Crippen LogP contribution in [0.25, 0.3) is 36.8 Å². The number of aromatic nitrogens is 5. The fraction of sp³-hybridized carbons (Fsp3) is 0. The molecule has 1 N–H and O–H groups in total. The van der Waals surface area contributed by atoms with Gasteiger partial charge in [0.1, 0.15) is 9.71 Å². The third kappa shape index (κ3) is 1.53. The van der Waals surface area contributed by atoms with Crippen LogP contribution < -0.4 is 5.56 Å². The Balaban J connectivity index is 1.88. The molecule has 0 unspecified atom stereocenters. The highest BCUT2D eigenvalue weighted by molar-refractivity contribution is 7.21. The number of thiophene rings is 1. The molecule has 5 aromatic rings. The number of nitrogens with zero attached hydrogens (tertiary/aromatic N) is 4. The monoisotopic (exact) mass is 325 g/mol. The quantitative estimate of drug-likeness (QED) is 0.514. The fourth-order valence-corrected chi connectivity index (χ4v) is 4.19. The summed E-state index contributed by atoms with van der Waals surface area (Å²) in [5, 5.41) is 9.87. The third-order valence-electron chi connectivity index (χ3n) is 3.47. The summed E-state index contributed by atoms with van der Waals surface area (Å²) in [6.07, 6.45) is 0. The van der Waals surface area contributed by atoms with Crippen molar-refractivity contribution in [1.29, 1.82) is 0 Å². The Labute approximate surface area is 130 Å². The SMILES string of the molecule is O=c1nc2c(-c3nc4ccccc4s3)n[nH]n2c2ccsc12. The van der Waals surface area contributed by atoms with E-state index in [1.807, 2.05) is 35.7 Å². The van der Waals surface area contributed by atoms with Crippen LogP contribution in [0.5, 0.6) is 0 Å². The van der Waals surface area contributed by atoms with Gasteiger partial charge in [-0.3, -0.25) is 4.79 Å². The predicted molar refractivity (Wildman–Crippen MR) is 87.6 cm³/mol. The Morgan fingerprint density at radius 1 is 1.14 bits per heavy atom. The largest absolute Gasteiger partial charge is 0.291 e. The van der Waals surface area contributed by atoms with Gasteiger partial charge in [-0.1, -0.05) is 12.1 Å². The zero-order valence-electron chi connectivity index (χ0n) is 11.0. The second-order valence-electron chi connectivity index (χ2n) is 4.76. The molecule has 0 saturated heterocycles. The van der Waals surface area contributed by atoms with Gasteiger partial charge in [-0.2, -0.15) is 10.1 Å². The van der Waals surface area contributed by atoms with Crippen molar-refractivity contribution in [2.75, 3.05) is 0 Å². The molecule has 6 nitrogen and oxygen atoms in total. The van der Waals surface area contributed by atoms with Crippen LogP contribution in [0.3, 0.4) is 0 Å². The molecule has 1 aromatic carbocycles. The third-order valence-corrected chi connectivity index (χ3v) is 5.40. The fourth-order valence-electron chi connectivity index (χ4n) is 2.48. The van der Waals surface area contributed by atoms with Gasteiger partial charge in [-0.15, -0.1) is 22.7 Å². The van der Waals surface area contributed by atoms with Crippen molar-refractivity contribution in [2.45, 2.75) is 0 Å². The van der Waals surface area contributed by atoms with Crippen LogP contribution in [0.1, 0.15) is 0 Å². The van der Waals surface area contributed by atoms with Crippen molar-refractivity contribution in [3.05, 3.63) is 46.1 Å². The number of para-hydroxylation sites is 1. The molecule has 0 bridgehead atoms. The summed E-state index contributed by atoms with van der Waals surface area (Å²) in [5.41, 5.74) is 2.59. The molecule has 0 radical (unpaired) electrons. The lowest BCUT2D eigenvalue weighted by Gasteiger charge is -1.94. The first-order valence-corrected chi connectivity index (χ1v) is 8.21. The van der Waals surface area contributed by atoms with Gasteiger partial charge in [0.2, 0.25) is 0 Å². The molecule has 0 aliphatic rings. The van der Waals surface area contributed by atoms with Crippen molar-refractivity contribution in [3.8, 4) is 10.7 Å². The Kier molecular flexibility index (Phi) is 2.30. The van der Waals surface area contributed by atoms with E-state index < -0.39 is 0 Å². The number of H-pyrrole nitrogens is 1. The smallest absolute Gasteiger partial charge is 0.266 e. The average molecular weight is 325 g/mol. The topological polar surface area (TPSA) is 75.9 Å². The molecule has 8 heteroatoms. The Morgan fingerprint density at radius 2 is 2.05 bits per heavy atom. The van der Waals surface area contributed by atoms with Crippen molar-refractivity contribution in [3.63, 3.8) is 0 Å². The molecule has 0 atom stereocenters. The van der Waals surface area contributed by atoms with Crippen LogP contribution in [0.4, 0.5) is 0 Å². The van der Waals surface area contributed by atoms with Gasteiger partial charge in [0.15, 0.2) is 11.3 Å². The number of thiazole rings is 1. The lowest BCUT2D eigenvalue weighted by Crippen LogP contribution is -2.08. The number of fused-ring (bicyclic) bond motifs is 4. The van der Waals surface area contributed by atoms with Crippen LogP contribution in [0.2, 0.25) is 0 Å². The molecule has 106 valence electrons. The van der Waals surface area contributed by atoms with Crippen LogP contribution in [-0.4, -0.2) is 24.8 Å². The molecule has 0 spiro atoms. The maximum Gasteiger partial charge on any atom is 0.291 e. The predicted octanol–water partition coefficient (Wildman–Crippen LogP) is 2.91. The summed E-state index contributed by atoms with van der Waals surface area (Å²) in [6, 6.07) is 9.79. The molecule has 0 saturated carbocycles. The zero-order chi connectivity index (χ0) is 14.7. The average Bonchev–Trinajstić information content (AvgIpc) is 3.23. The first-order chi connectivity index (χ1) is 10.8.